The van der Waals surface area contributed by atoms with Gasteiger partial charge >= 0.3 is 0 Å². The topological polar surface area (TPSA) is 65.6 Å². The van der Waals surface area contributed by atoms with E-state index in [0.29, 0.717) is 6.54 Å². The molecule has 1 heterocycles. The minimum Gasteiger partial charge on any atom is -0.495 e. The quantitative estimate of drug-likeness (QED) is 0.681. The molecule has 128 valence electrons. The number of nitrogens with one attached hydrogen (secondary N) is 3. The number of benzene rings is 1. The van der Waals surface area contributed by atoms with Gasteiger partial charge in [-0.05, 0) is 45.0 Å². The molecule has 1 atom stereocenters. The first-order chi connectivity index (χ1) is 11.1. The lowest BCUT2D eigenvalue weighted by molar-refractivity contribution is -0.121. The summed E-state index contributed by atoms with van der Waals surface area (Å²) in [5, 5.41) is 9.27. The van der Waals surface area contributed by atoms with E-state index in [-0.39, 0.29) is 11.9 Å². The van der Waals surface area contributed by atoms with E-state index in [0.717, 1.165) is 36.8 Å². The fraction of sp³-hybridized carbons (Fsp3) is 0.588. The lowest BCUT2D eigenvalue weighted by Gasteiger charge is -2.19. The van der Waals surface area contributed by atoms with Crippen LogP contribution in [0.5, 0.6) is 5.75 Å². The molecule has 0 aromatic heterocycles. The first-order valence-electron chi connectivity index (χ1n) is 8.26. The van der Waals surface area contributed by atoms with Gasteiger partial charge in [0.25, 0.3) is 0 Å². The minimum atomic E-state index is -0.293. The van der Waals surface area contributed by atoms with Crippen molar-refractivity contribution in [3.8, 4) is 5.75 Å². The van der Waals surface area contributed by atoms with Gasteiger partial charge in [-0.1, -0.05) is 0 Å². The second-order valence-corrected chi connectivity index (χ2v) is 5.87. The summed E-state index contributed by atoms with van der Waals surface area (Å²) >= 11 is 0. The van der Waals surface area contributed by atoms with Crippen molar-refractivity contribution in [1.29, 1.82) is 0 Å². The second-order valence-electron chi connectivity index (χ2n) is 5.87. The molecule has 2 rings (SSSR count). The Morgan fingerprint density at radius 3 is 2.74 bits per heavy atom. The Labute approximate surface area is 138 Å². The molecule has 1 aromatic carbocycles. The summed E-state index contributed by atoms with van der Waals surface area (Å²) < 4.78 is 5.33. The summed E-state index contributed by atoms with van der Waals surface area (Å²) in [5.74, 6) is 0.764. The first kappa shape index (κ1) is 17.4. The van der Waals surface area contributed by atoms with Gasteiger partial charge in [0, 0.05) is 31.9 Å². The van der Waals surface area contributed by atoms with Crippen LogP contribution in [0.1, 0.15) is 19.8 Å². The lowest BCUT2D eigenvalue weighted by atomic mass is 10.2. The van der Waals surface area contributed by atoms with Crippen molar-refractivity contribution in [2.24, 2.45) is 0 Å². The highest BCUT2D eigenvalue weighted by atomic mass is 16.5. The number of likely N-dealkylation sites (tertiary alicyclic amines) is 1. The summed E-state index contributed by atoms with van der Waals surface area (Å²) in [6, 6.07) is 5.46. The highest BCUT2D eigenvalue weighted by molar-refractivity contribution is 5.84. The maximum atomic E-state index is 12.2. The van der Waals surface area contributed by atoms with Crippen LogP contribution in [0.3, 0.4) is 0 Å². The van der Waals surface area contributed by atoms with Crippen LogP contribution >= 0.6 is 0 Å². The van der Waals surface area contributed by atoms with E-state index in [2.05, 4.69) is 20.9 Å². The average Bonchev–Trinajstić information content (AvgIpc) is 3.07. The zero-order valence-electron chi connectivity index (χ0n) is 14.3. The number of hydrogen-bond donors (Lipinski definition) is 3. The normalized spacial score (nSPS) is 16.0. The zero-order chi connectivity index (χ0) is 16.7. The number of hydrogen-bond acceptors (Lipinski definition) is 5. The zero-order valence-corrected chi connectivity index (χ0v) is 14.3. The van der Waals surface area contributed by atoms with E-state index in [4.69, 9.17) is 4.74 Å². The number of nitrogens with zero attached hydrogens (tertiary/aromatic N) is 1. The molecule has 6 nitrogen and oxygen atoms in total. The average molecular weight is 320 g/mol. The molecule has 1 aliphatic rings. The van der Waals surface area contributed by atoms with Crippen LogP contribution in [0.15, 0.2) is 18.2 Å². The van der Waals surface area contributed by atoms with Crippen molar-refractivity contribution >= 4 is 17.3 Å². The summed E-state index contributed by atoms with van der Waals surface area (Å²) in [4.78, 5) is 14.6. The molecule has 0 spiro atoms. The van der Waals surface area contributed by atoms with Crippen molar-refractivity contribution in [1.82, 2.24) is 10.2 Å². The van der Waals surface area contributed by atoms with Gasteiger partial charge in [-0.2, -0.15) is 0 Å². The highest BCUT2D eigenvalue weighted by Crippen LogP contribution is 2.27. The molecule has 0 aliphatic carbocycles. The van der Waals surface area contributed by atoms with Gasteiger partial charge < -0.3 is 25.6 Å². The summed E-state index contributed by atoms with van der Waals surface area (Å²) in [7, 11) is 3.48. The van der Waals surface area contributed by atoms with Crippen molar-refractivity contribution < 1.29 is 9.53 Å². The number of ether oxygens (including phenoxy) is 1. The van der Waals surface area contributed by atoms with Gasteiger partial charge in [-0.25, -0.2) is 0 Å². The van der Waals surface area contributed by atoms with E-state index >= 15 is 0 Å². The van der Waals surface area contributed by atoms with Crippen molar-refractivity contribution in [2.75, 3.05) is 51.0 Å². The van der Waals surface area contributed by atoms with Gasteiger partial charge in [0.2, 0.25) is 5.91 Å². The number of rotatable bonds is 8. The molecular weight excluding hydrogens is 292 g/mol. The van der Waals surface area contributed by atoms with E-state index in [1.54, 1.807) is 7.11 Å². The Morgan fingerprint density at radius 2 is 2.09 bits per heavy atom. The van der Waals surface area contributed by atoms with E-state index in [1.807, 2.05) is 32.2 Å². The summed E-state index contributed by atoms with van der Waals surface area (Å²) in [6.45, 7) is 5.81. The Morgan fingerprint density at radius 1 is 1.35 bits per heavy atom. The Balaban J connectivity index is 1.80. The van der Waals surface area contributed by atoms with Gasteiger partial charge in [-0.15, -0.1) is 0 Å². The van der Waals surface area contributed by atoms with Gasteiger partial charge in [0.15, 0.2) is 0 Å². The highest BCUT2D eigenvalue weighted by Gasteiger charge is 2.15. The monoisotopic (exact) mass is 320 g/mol. The van der Waals surface area contributed by atoms with E-state index < -0.39 is 0 Å². The third-order valence-corrected chi connectivity index (χ3v) is 4.17. The molecule has 0 radical (unpaired) electrons. The Kier molecular flexibility index (Phi) is 6.52. The van der Waals surface area contributed by atoms with E-state index in [9.17, 15) is 4.79 Å². The van der Waals surface area contributed by atoms with Crippen molar-refractivity contribution in [2.45, 2.75) is 25.8 Å². The smallest absolute Gasteiger partial charge is 0.242 e. The molecular formula is C17H28N4O2. The molecule has 1 aromatic rings. The summed E-state index contributed by atoms with van der Waals surface area (Å²) in [5.41, 5.74) is 1.78. The van der Waals surface area contributed by atoms with Gasteiger partial charge in [-0.3, -0.25) is 4.79 Å². The maximum absolute atomic E-state index is 12.2. The largest absolute Gasteiger partial charge is 0.495 e. The van der Waals surface area contributed by atoms with Crippen LogP contribution < -0.4 is 20.7 Å². The van der Waals surface area contributed by atoms with Crippen LogP contribution in [0.25, 0.3) is 0 Å². The number of carbonyl (C=O) groups is 1. The van der Waals surface area contributed by atoms with Crippen LogP contribution in [0, 0.1) is 0 Å². The lowest BCUT2D eigenvalue weighted by Crippen LogP contribution is -2.41. The molecule has 0 bridgehead atoms. The predicted molar refractivity (Wildman–Crippen MR) is 94.3 cm³/mol. The van der Waals surface area contributed by atoms with Crippen molar-refractivity contribution in [3.63, 3.8) is 0 Å². The molecule has 0 saturated carbocycles. The van der Waals surface area contributed by atoms with Gasteiger partial charge in [0.05, 0.1) is 12.8 Å². The molecule has 1 amide bonds. The molecule has 1 aliphatic heterocycles. The van der Waals surface area contributed by atoms with Crippen LogP contribution in [0.4, 0.5) is 11.4 Å². The molecule has 0 unspecified atom stereocenters. The second kappa shape index (κ2) is 8.62. The predicted octanol–water partition coefficient (Wildman–Crippen LogP) is 1.75. The first-order valence-corrected chi connectivity index (χ1v) is 8.26. The Hall–Kier alpha value is -1.95. The third kappa shape index (κ3) is 5.03. The summed E-state index contributed by atoms with van der Waals surface area (Å²) in [6.07, 6.45) is 2.55. The molecule has 23 heavy (non-hydrogen) atoms. The molecule has 6 heteroatoms. The fourth-order valence-corrected chi connectivity index (χ4v) is 2.80. The SMILES string of the molecule is CNc1ccc(N[C@H](C)C(=O)NCCN2CCCC2)cc1OC. The maximum Gasteiger partial charge on any atom is 0.242 e. The number of methoxy groups -OCH3 is 1. The Bertz CT molecular complexity index is 515. The number of amides is 1. The van der Waals surface area contributed by atoms with Gasteiger partial charge in [0.1, 0.15) is 11.8 Å². The van der Waals surface area contributed by atoms with E-state index in [1.165, 1.54) is 12.8 Å². The number of carbonyl (C=O) groups excluding carboxylic acids is 1. The molecule has 3 N–H and O–H groups in total. The molecule has 1 fully saturated rings. The minimum absolute atomic E-state index is 0.0147. The van der Waals surface area contributed by atoms with Crippen LogP contribution in [-0.4, -0.2) is 57.2 Å². The van der Waals surface area contributed by atoms with Crippen LogP contribution in [-0.2, 0) is 4.79 Å². The standard InChI is InChI=1S/C17H28N4O2/c1-13(17(22)19-8-11-21-9-4-5-10-21)20-14-6-7-15(18-2)16(12-14)23-3/h6-7,12-13,18,20H,4-5,8-11H2,1-3H3,(H,19,22)/t13-/m1/s1. The number of anilines is 2. The van der Waals surface area contributed by atoms with Crippen molar-refractivity contribution in [3.05, 3.63) is 18.2 Å². The molecule has 1 saturated heterocycles. The van der Waals surface area contributed by atoms with Crippen LogP contribution in [0.2, 0.25) is 0 Å². The third-order valence-electron chi connectivity index (χ3n) is 4.17. The fourth-order valence-electron chi connectivity index (χ4n) is 2.80.